The van der Waals surface area contributed by atoms with Crippen LogP contribution in [-0.2, 0) is 7.05 Å². The molecule has 0 saturated heterocycles. The van der Waals surface area contributed by atoms with Crippen molar-refractivity contribution < 1.29 is 9.90 Å². The number of anilines is 2. The van der Waals surface area contributed by atoms with E-state index in [-0.39, 0.29) is 5.69 Å². The molecular weight excluding hydrogens is 300 g/mol. The summed E-state index contributed by atoms with van der Waals surface area (Å²) >= 11 is 0. The van der Waals surface area contributed by atoms with E-state index in [1.807, 2.05) is 66.7 Å². The van der Waals surface area contributed by atoms with Gasteiger partial charge in [-0.05, 0) is 17.5 Å². The summed E-state index contributed by atoms with van der Waals surface area (Å²) in [5.41, 5.74) is 2.66. The van der Waals surface area contributed by atoms with E-state index in [1.54, 1.807) is 11.6 Å². The molecule has 0 spiro atoms. The molecule has 0 bridgehead atoms. The third kappa shape index (κ3) is 2.12. The zero-order chi connectivity index (χ0) is 16.7. The van der Waals surface area contributed by atoms with Crippen molar-refractivity contribution in [3.63, 3.8) is 0 Å². The molecule has 1 aromatic heterocycles. The lowest BCUT2D eigenvalue weighted by Crippen LogP contribution is -2.07. The van der Waals surface area contributed by atoms with Crippen LogP contribution in [0, 0.1) is 0 Å². The largest absolute Gasteiger partial charge is 0.477 e. The molecule has 4 rings (SSSR count). The molecule has 0 aliphatic heterocycles. The van der Waals surface area contributed by atoms with Gasteiger partial charge in [0.15, 0.2) is 5.69 Å². The number of benzene rings is 3. The third-order valence-electron chi connectivity index (χ3n) is 4.36. The monoisotopic (exact) mass is 316 g/mol. The molecule has 0 fully saturated rings. The molecule has 4 heteroatoms. The Morgan fingerprint density at radius 3 is 2.38 bits per heavy atom. The van der Waals surface area contributed by atoms with E-state index in [4.69, 9.17) is 0 Å². The summed E-state index contributed by atoms with van der Waals surface area (Å²) in [6.45, 7) is 0. The Morgan fingerprint density at radius 2 is 1.58 bits per heavy atom. The highest BCUT2D eigenvalue weighted by Crippen LogP contribution is 2.34. The van der Waals surface area contributed by atoms with Crippen LogP contribution in [0.4, 0.5) is 11.4 Å². The summed E-state index contributed by atoms with van der Waals surface area (Å²) in [7, 11) is 1.78. The van der Waals surface area contributed by atoms with Crippen LogP contribution in [0.15, 0.2) is 66.7 Å². The maximum absolute atomic E-state index is 11.8. The Balaban J connectivity index is 1.97. The van der Waals surface area contributed by atoms with E-state index in [0.29, 0.717) is 5.69 Å². The van der Waals surface area contributed by atoms with Crippen LogP contribution in [0.25, 0.3) is 21.7 Å². The average molecular weight is 316 g/mol. The number of hydrogen-bond donors (Lipinski definition) is 2. The van der Waals surface area contributed by atoms with Gasteiger partial charge in [-0.1, -0.05) is 54.6 Å². The minimum atomic E-state index is -0.948. The minimum absolute atomic E-state index is 0.254. The summed E-state index contributed by atoms with van der Waals surface area (Å²) < 4.78 is 1.71. The number of carboxylic acid groups (broad SMARTS) is 1. The number of fused-ring (bicyclic) bond motifs is 2. The summed E-state index contributed by atoms with van der Waals surface area (Å²) in [5.74, 6) is -0.948. The molecule has 4 aromatic rings. The van der Waals surface area contributed by atoms with Crippen molar-refractivity contribution in [2.45, 2.75) is 0 Å². The van der Waals surface area contributed by atoms with Crippen LogP contribution in [0.3, 0.4) is 0 Å². The van der Waals surface area contributed by atoms with Gasteiger partial charge in [0.1, 0.15) is 0 Å². The van der Waals surface area contributed by atoms with Crippen LogP contribution in [0.5, 0.6) is 0 Å². The normalized spacial score (nSPS) is 11.0. The molecule has 3 aromatic carbocycles. The molecule has 0 saturated carbocycles. The highest BCUT2D eigenvalue weighted by molar-refractivity contribution is 6.09. The van der Waals surface area contributed by atoms with Crippen molar-refractivity contribution in [3.8, 4) is 0 Å². The van der Waals surface area contributed by atoms with E-state index in [1.165, 1.54) is 0 Å². The number of aromatic carboxylic acids is 1. The first-order valence-electron chi connectivity index (χ1n) is 7.72. The summed E-state index contributed by atoms with van der Waals surface area (Å²) in [4.78, 5) is 11.8. The van der Waals surface area contributed by atoms with E-state index < -0.39 is 5.97 Å². The van der Waals surface area contributed by atoms with E-state index in [0.717, 1.165) is 27.4 Å². The van der Waals surface area contributed by atoms with Crippen molar-refractivity contribution in [3.05, 3.63) is 72.4 Å². The Bertz CT molecular complexity index is 1070. The maximum atomic E-state index is 11.8. The van der Waals surface area contributed by atoms with E-state index in [2.05, 4.69) is 5.32 Å². The van der Waals surface area contributed by atoms with Crippen molar-refractivity contribution >= 4 is 39.0 Å². The van der Waals surface area contributed by atoms with Gasteiger partial charge in [-0.15, -0.1) is 0 Å². The first-order chi connectivity index (χ1) is 11.7. The zero-order valence-electron chi connectivity index (χ0n) is 13.2. The molecule has 24 heavy (non-hydrogen) atoms. The number of nitrogens with one attached hydrogen (secondary N) is 1. The summed E-state index contributed by atoms with van der Waals surface area (Å²) in [6.07, 6.45) is 0. The highest BCUT2D eigenvalue weighted by atomic mass is 16.4. The van der Waals surface area contributed by atoms with Gasteiger partial charge in [-0.3, -0.25) is 0 Å². The van der Waals surface area contributed by atoms with Crippen molar-refractivity contribution in [1.82, 2.24) is 4.57 Å². The fourth-order valence-electron chi connectivity index (χ4n) is 3.24. The minimum Gasteiger partial charge on any atom is -0.477 e. The lowest BCUT2D eigenvalue weighted by atomic mass is 10.1. The molecule has 0 atom stereocenters. The number of carboxylic acids is 1. The van der Waals surface area contributed by atoms with Gasteiger partial charge in [-0.2, -0.15) is 0 Å². The Kier molecular flexibility index (Phi) is 3.24. The van der Waals surface area contributed by atoms with Crippen molar-refractivity contribution in [1.29, 1.82) is 0 Å². The predicted octanol–water partition coefficient (Wildman–Crippen LogP) is 4.77. The second-order valence-electron chi connectivity index (χ2n) is 5.76. The molecule has 1 heterocycles. The molecule has 0 unspecified atom stereocenters. The van der Waals surface area contributed by atoms with Gasteiger partial charge in [0.05, 0.1) is 11.2 Å². The molecule has 118 valence electrons. The number of para-hydroxylation sites is 1. The topological polar surface area (TPSA) is 54.3 Å². The first-order valence-corrected chi connectivity index (χ1v) is 7.72. The van der Waals surface area contributed by atoms with Crippen LogP contribution in [-0.4, -0.2) is 15.6 Å². The van der Waals surface area contributed by atoms with Crippen LogP contribution in [0.2, 0.25) is 0 Å². The van der Waals surface area contributed by atoms with Crippen molar-refractivity contribution in [2.75, 3.05) is 5.32 Å². The van der Waals surface area contributed by atoms with Crippen LogP contribution >= 0.6 is 0 Å². The molecule has 0 aliphatic rings. The highest BCUT2D eigenvalue weighted by Gasteiger charge is 2.20. The quantitative estimate of drug-likeness (QED) is 0.572. The van der Waals surface area contributed by atoms with Gasteiger partial charge in [-0.25, -0.2) is 4.79 Å². The number of carbonyl (C=O) groups is 1. The Morgan fingerprint density at radius 1 is 0.917 bits per heavy atom. The fourth-order valence-corrected chi connectivity index (χ4v) is 3.24. The fraction of sp³-hybridized carbons (Fsp3) is 0.0500. The SMILES string of the molecule is Cn1c(C(=O)O)c(Nc2cccc3ccccc23)c2ccccc21. The van der Waals surface area contributed by atoms with Crippen molar-refractivity contribution in [2.24, 2.45) is 7.05 Å². The number of nitrogens with zero attached hydrogens (tertiary/aromatic N) is 1. The number of rotatable bonds is 3. The third-order valence-corrected chi connectivity index (χ3v) is 4.36. The predicted molar refractivity (Wildman–Crippen MR) is 97.1 cm³/mol. The van der Waals surface area contributed by atoms with Crippen LogP contribution < -0.4 is 5.32 Å². The molecular formula is C20H16N2O2. The first kappa shape index (κ1) is 14.3. The lowest BCUT2D eigenvalue weighted by molar-refractivity contribution is 0.0688. The smallest absolute Gasteiger partial charge is 0.354 e. The number of hydrogen-bond acceptors (Lipinski definition) is 2. The molecule has 0 aliphatic carbocycles. The van der Waals surface area contributed by atoms with Gasteiger partial charge >= 0.3 is 5.97 Å². The van der Waals surface area contributed by atoms with Gasteiger partial charge in [0.2, 0.25) is 0 Å². The van der Waals surface area contributed by atoms with Gasteiger partial charge < -0.3 is 15.0 Å². The second-order valence-corrected chi connectivity index (χ2v) is 5.76. The van der Waals surface area contributed by atoms with Gasteiger partial charge in [0.25, 0.3) is 0 Å². The maximum Gasteiger partial charge on any atom is 0.354 e. The summed E-state index contributed by atoms with van der Waals surface area (Å²) in [5, 5.41) is 16.1. The Hall–Kier alpha value is -3.27. The van der Waals surface area contributed by atoms with E-state index in [9.17, 15) is 9.90 Å². The molecule has 0 amide bonds. The Labute approximate surface area is 139 Å². The lowest BCUT2D eigenvalue weighted by Gasteiger charge is -2.10. The second kappa shape index (κ2) is 5.42. The number of aromatic nitrogens is 1. The molecule has 2 N–H and O–H groups in total. The van der Waals surface area contributed by atoms with E-state index >= 15 is 0 Å². The standard InChI is InChI=1S/C20H16N2O2/c1-22-17-12-5-4-10-15(17)18(19(22)20(23)24)21-16-11-6-8-13-7-2-3-9-14(13)16/h2-12,21H,1H3,(H,23,24). The molecule has 0 radical (unpaired) electrons. The number of aryl methyl sites for hydroxylation is 1. The summed E-state index contributed by atoms with van der Waals surface area (Å²) in [6, 6.07) is 21.7. The average Bonchev–Trinajstić information content (AvgIpc) is 2.88. The zero-order valence-corrected chi connectivity index (χ0v) is 13.2. The van der Waals surface area contributed by atoms with Gasteiger partial charge in [0, 0.05) is 23.5 Å². The van der Waals surface area contributed by atoms with Crippen LogP contribution in [0.1, 0.15) is 10.5 Å². The molecule has 4 nitrogen and oxygen atoms in total.